The smallest absolute Gasteiger partial charge is 0.0740 e. The molecule has 0 aliphatic rings. The first-order valence-electron chi connectivity index (χ1n) is 6.75. The number of hydrazine groups is 1. The highest BCUT2D eigenvalue weighted by atomic mass is 15.4. The second-order valence-electron chi connectivity index (χ2n) is 4.40. The van der Waals surface area contributed by atoms with Crippen LogP contribution in [0.15, 0.2) is 36.0 Å². The van der Waals surface area contributed by atoms with Gasteiger partial charge in [0.25, 0.3) is 0 Å². The Kier molecular flexibility index (Phi) is 10.9. The van der Waals surface area contributed by atoms with E-state index in [2.05, 4.69) is 36.2 Å². The molecule has 3 heteroatoms. The molecule has 0 radical (unpaired) electrons. The van der Waals surface area contributed by atoms with Crippen LogP contribution in [0.5, 0.6) is 0 Å². The van der Waals surface area contributed by atoms with Gasteiger partial charge < -0.3 is 5.32 Å². The third-order valence-corrected chi connectivity index (χ3v) is 2.64. The first kappa shape index (κ1) is 17.7. The van der Waals surface area contributed by atoms with Crippen LogP contribution in [0.3, 0.4) is 0 Å². The Hall–Kier alpha value is -1.34. The highest BCUT2D eigenvalue weighted by Crippen LogP contribution is 2.00. The van der Waals surface area contributed by atoms with Crippen molar-refractivity contribution in [2.75, 3.05) is 20.6 Å². The van der Waals surface area contributed by atoms with Gasteiger partial charge in [0.1, 0.15) is 0 Å². The Morgan fingerprint density at radius 2 is 2.21 bits per heavy atom. The van der Waals surface area contributed by atoms with E-state index in [9.17, 15) is 0 Å². The number of rotatable bonds is 7. The van der Waals surface area contributed by atoms with Crippen LogP contribution in [0.1, 0.15) is 26.7 Å². The van der Waals surface area contributed by atoms with E-state index < -0.39 is 0 Å². The molecular weight excluding hydrogens is 234 g/mol. The molecule has 0 aliphatic heterocycles. The molecular formula is C16H27N3. The summed E-state index contributed by atoms with van der Waals surface area (Å²) in [6.07, 6.45) is 12.4. The summed E-state index contributed by atoms with van der Waals surface area (Å²) in [6.45, 7) is 4.74. The summed E-state index contributed by atoms with van der Waals surface area (Å²) in [5.74, 6) is 11.6. The molecule has 3 N–H and O–H groups in total. The fraction of sp³-hybridized carbons (Fsp3) is 0.500. The van der Waals surface area contributed by atoms with Crippen molar-refractivity contribution in [3.63, 3.8) is 0 Å². The van der Waals surface area contributed by atoms with Gasteiger partial charge in [-0.25, -0.2) is 5.01 Å². The summed E-state index contributed by atoms with van der Waals surface area (Å²) in [5.41, 5.74) is 0.998. The van der Waals surface area contributed by atoms with E-state index in [1.165, 1.54) is 0 Å². The van der Waals surface area contributed by atoms with Crippen molar-refractivity contribution in [1.29, 1.82) is 0 Å². The van der Waals surface area contributed by atoms with E-state index in [0.29, 0.717) is 12.6 Å². The Labute approximate surface area is 118 Å². The van der Waals surface area contributed by atoms with Gasteiger partial charge in [0.15, 0.2) is 0 Å². The van der Waals surface area contributed by atoms with Gasteiger partial charge in [-0.2, -0.15) is 0 Å². The van der Waals surface area contributed by atoms with Gasteiger partial charge in [-0.15, -0.1) is 0 Å². The standard InChI is InChI=1S/C16H27N3/c1-5-10-15(12-9-14-19(4)17)11-7-8-13-16(6-2)18-3/h5,7-8,10-11,16,18H,6,13-14,17H2,1-4H3/b8-7+,10-5-,15-11+. The Balaban J connectivity index is 4.48. The van der Waals surface area contributed by atoms with E-state index in [4.69, 9.17) is 5.84 Å². The molecule has 1 atom stereocenters. The Morgan fingerprint density at radius 3 is 2.74 bits per heavy atom. The van der Waals surface area contributed by atoms with Crippen LogP contribution in [0.25, 0.3) is 0 Å². The van der Waals surface area contributed by atoms with Crippen molar-refractivity contribution >= 4 is 0 Å². The molecule has 1 unspecified atom stereocenters. The fourth-order valence-corrected chi connectivity index (χ4v) is 1.49. The number of nitrogens with one attached hydrogen (secondary N) is 1. The number of nitrogens with zero attached hydrogens (tertiary/aromatic N) is 1. The molecule has 19 heavy (non-hydrogen) atoms. The van der Waals surface area contributed by atoms with Gasteiger partial charge in [0, 0.05) is 18.7 Å². The summed E-state index contributed by atoms with van der Waals surface area (Å²) in [6, 6.07) is 0.548. The molecule has 0 aromatic carbocycles. The summed E-state index contributed by atoms with van der Waals surface area (Å²) in [5, 5.41) is 4.84. The van der Waals surface area contributed by atoms with Gasteiger partial charge in [0.05, 0.1) is 6.54 Å². The lowest BCUT2D eigenvalue weighted by Crippen LogP contribution is -2.25. The molecule has 0 aliphatic carbocycles. The van der Waals surface area contributed by atoms with E-state index in [1.54, 1.807) is 12.1 Å². The minimum absolute atomic E-state index is 0.548. The quantitative estimate of drug-likeness (QED) is 0.320. The Morgan fingerprint density at radius 1 is 1.47 bits per heavy atom. The zero-order valence-electron chi connectivity index (χ0n) is 12.6. The van der Waals surface area contributed by atoms with E-state index in [1.807, 2.05) is 32.2 Å². The van der Waals surface area contributed by atoms with Crippen molar-refractivity contribution in [3.8, 4) is 11.8 Å². The minimum Gasteiger partial charge on any atom is -0.317 e. The molecule has 0 saturated heterocycles. The van der Waals surface area contributed by atoms with E-state index in [0.717, 1.165) is 18.4 Å². The first-order chi connectivity index (χ1) is 9.13. The van der Waals surface area contributed by atoms with Crippen LogP contribution in [-0.4, -0.2) is 31.7 Å². The summed E-state index contributed by atoms with van der Waals surface area (Å²) < 4.78 is 0. The van der Waals surface area contributed by atoms with Crippen LogP contribution in [0, 0.1) is 11.8 Å². The molecule has 106 valence electrons. The van der Waals surface area contributed by atoms with Gasteiger partial charge in [-0.1, -0.05) is 43.1 Å². The molecule has 0 spiro atoms. The SMILES string of the molecule is C\C=C/C(C#CCN(C)N)=C\C=C\CC(CC)NC. The average molecular weight is 261 g/mol. The maximum atomic E-state index is 5.51. The third-order valence-electron chi connectivity index (χ3n) is 2.64. The van der Waals surface area contributed by atoms with Crippen LogP contribution >= 0.6 is 0 Å². The lowest BCUT2D eigenvalue weighted by Gasteiger charge is -2.09. The van der Waals surface area contributed by atoms with Crippen LogP contribution < -0.4 is 11.2 Å². The highest BCUT2D eigenvalue weighted by molar-refractivity contribution is 5.40. The normalized spacial score (nSPS) is 14.1. The highest BCUT2D eigenvalue weighted by Gasteiger charge is 1.97. The molecule has 0 aromatic heterocycles. The van der Waals surface area contributed by atoms with Crippen molar-refractivity contribution in [1.82, 2.24) is 10.3 Å². The van der Waals surface area contributed by atoms with E-state index in [-0.39, 0.29) is 0 Å². The maximum absolute atomic E-state index is 5.51. The zero-order chi connectivity index (χ0) is 14.5. The molecule has 0 saturated carbocycles. The number of nitrogens with two attached hydrogens (primary N) is 1. The lowest BCUT2D eigenvalue weighted by molar-refractivity contribution is 0.396. The molecule has 3 nitrogen and oxygen atoms in total. The van der Waals surface area contributed by atoms with Gasteiger partial charge in [-0.05, 0) is 32.9 Å². The summed E-state index contributed by atoms with van der Waals surface area (Å²) in [7, 11) is 3.80. The topological polar surface area (TPSA) is 41.3 Å². The molecule has 0 rings (SSSR count). The lowest BCUT2D eigenvalue weighted by atomic mass is 10.1. The molecule has 0 amide bonds. The van der Waals surface area contributed by atoms with Gasteiger partial charge in [0.2, 0.25) is 0 Å². The molecule has 0 fully saturated rings. The maximum Gasteiger partial charge on any atom is 0.0740 e. The first-order valence-corrected chi connectivity index (χ1v) is 6.75. The second kappa shape index (κ2) is 11.7. The number of allylic oxidation sites excluding steroid dienone is 5. The molecule has 0 bridgehead atoms. The predicted octanol–water partition coefficient (Wildman–Crippen LogP) is 2.24. The van der Waals surface area contributed by atoms with Crippen molar-refractivity contribution in [2.45, 2.75) is 32.7 Å². The Bertz CT molecular complexity index is 363. The molecule has 0 aromatic rings. The summed E-state index contributed by atoms with van der Waals surface area (Å²) in [4.78, 5) is 0. The van der Waals surface area contributed by atoms with Crippen molar-refractivity contribution in [3.05, 3.63) is 36.0 Å². The minimum atomic E-state index is 0.548. The van der Waals surface area contributed by atoms with Crippen molar-refractivity contribution < 1.29 is 0 Å². The van der Waals surface area contributed by atoms with Crippen LogP contribution in [-0.2, 0) is 0 Å². The second-order valence-corrected chi connectivity index (χ2v) is 4.40. The van der Waals surface area contributed by atoms with Crippen molar-refractivity contribution in [2.24, 2.45) is 5.84 Å². The van der Waals surface area contributed by atoms with Crippen LogP contribution in [0.2, 0.25) is 0 Å². The largest absolute Gasteiger partial charge is 0.317 e. The summed E-state index contributed by atoms with van der Waals surface area (Å²) >= 11 is 0. The van der Waals surface area contributed by atoms with Gasteiger partial charge in [-0.3, -0.25) is 5.84 Å². The predicted molar refractivity (Wildman–Crippen MR) is 84.4 cm³/mol. The molecule has 0 heterocycles. The average Bonchev–Trinajstić information content (AvgIpc) is 2.38. The van der Waals surface area contributed by atoms with Crippen LogP contribution in [0.4, 0.5) is 0 Å². The number of hydrogen-bond donors (Lipinski definition) is 2. The number of hydrogen-bond acceptors (Lipinski definition) is 3. The fourth-order valence-electron chi connectivity index (χ4n) is 1.49. The third kappa shape index (κ3) is 10.3. The van der Waals surface area contributed by atoms with E-state index >= 15 is 0 Å². The zero-order valence-corrected chi connectivity index (χ0v) is 12.6. The monoisotopic (exact) mass is 261 g/mol. The van der Waals surface area contributed by atoms with Gasteiger partial charge >= 0.3 is 0 Å².